The molecule has 1 fully saturated rings. The highest BCUT2D eigenvalue weighted by Gasteiger charge is 2.41. The summed E-state index contributed by atoms with van der Waals surface area (Å²) in [5.41, 5.74) is 5.91. The van der Waals surface area contributed by atoms with Crippen LogP contribution in [0.15, 0.2) is 11.8 Å². The fourth-order valence-electron chi connectivity index (χ4n) is 2.45. The predicted octanol–water partition coefficient (Wildman–Crippen LogP) is -0.104. The molecule has 1 aliphatic heterocycles. The summed E-state index contributed by atoms with van der Waals surface area (Å²) in [6, 6.07) is 0. The Balaban J connectivity index is 2.32. The summed E-state index contributed by atoms with van der Waals surface area (Å²) in [4.78, 5) is 24.6. The van der Waals surface area contributed by atoms with Crippen LogP contribution < -0.4 is 5.73 Å². The quantitative estimate of drug-likeness (QED) is 0.633. The van der Waals surface area contributed by atoms with Crippen molar-refractivity contribution in [2.24, 2.45) is 17.6 Å². The van der Waals surface area contributed by atoms with E-state index in [0.29, 0.717) is 12.0 Å². The largest absolute Gasteiger partial charge is 0.379 e. The van der Waals surface area contributed by atoms with Crippen LogP contribution in [0.5, 0.6) is 0 Å². The summed E-state index contributed by atoms with van der Waals surface area (Å²) < 4.78 is 0. The van der Waals surface area contributed by atoms with E-state index in [0.717, 1.165) is 13.0 Å². The van der Waals surface area contributed by atoms with E-state index in [1.165, 1.54) is 0 Å². The Morgan fingerprint density at radius 3 is 2.93 bits per heavy atom. The molecular weight excluding hydrogens is 180 g/mol. The molecule has 14 heavy (non-hydrogen) atoms. The van der Waals surface area contributed by atoms with Gasteiger partial charge in [0.05, 0.1) is 0 Å². The molecule has 0 spiro atoms. The lowest BCUT2D eigenvalue weighted by atomic mass is 9.85. The van der Waals surface area contributed by atoms with Gasteiger partial charge in [0.15, 0.2) is 0 Å². The topological polar surface area (TPSA) is 63.4 Å². The Labute approximate surface area is 82.7 Å². The van der Waals surface area contributed by atoms with Crippen molar-refractivity contribution in [3.63, 3.8) is 0 Å². The summed E-state index contributed by atoms with van der Waals surface area (Å²) in [6.45, 7) is 0.722. The van der Waals surface area contributed by atoms with Crippen LogP contribution in [-0.4, -0.2) is 30.2 Å². The summed E-state index contributed by atoms with van der Waals surface area (Å²) in [7, 11) is 1.87. The highest BCUT2D eigenvalue weighted by atomic mass is 16.1. The minimum absolute atomic E-state index is 0.00694. The van der Waals surface area contributed by atoms with Gasteiger partial charge in [-0.3, -0.25) is 9.59 Å². The fraction of sp³-hybridized carbons (Fsp3) is 0.600. The zero-order valence-corrected chi connectivity index (χ0v) is 8.19. The minimum Gasteiger partial charge on any atom is -0.379 e. The molecule has 2 rings (SSSR count). The number of ketones is 1. The number of primary amides is 1. The van der Waals surface area contributed by atoms with Crippen molar-refractivity contribution in [3.8, 4) is 0 Å². The summed E-state index contributed by atoms with van der Waals surface area (Å²) >= 11 is 0. The zero-order valence-electron chi connectivity index (χ0n) is 8.19. The maximum Gasteiger partial charge on any atom is 0.246 e. The molecule has 0 aromatic rings. The molecule has 1 saturated carbocycles. The number of hydrogen-bond acceptors (Lipinski definition) is 3. The smallest absolute Gasteiger partial charge is 0.246 e. The first-order valence-electron chi connectivity index (χ1n) is 4.84. The first-order chi connectivity index (χ1) is 6.59. The molecule has 1 aliphatic carbocycles. The van der Waals surface area contributed by atoms with Gasteiger partial charge in [0, 0.05) is 43.6 Å². The predicted molar refractivity (Wildman–Crippen MR) is 51.1 cm³/mol. The van der Waals surface area contributed by atoms with Crippen LogP contribution in [-0.2, 0) is 9.59 Å². The molecule has 0 saturated heterocycles. The standard InChI is InChI=1S/C10H14N2O2/c1-12-4-7-6(2-3-9(7)13)8(5-12)10(11)14/h5-7H,2-4H2,1H3,(H2,11,14)/t6-,7-/m1/s1. The highest BCUT2D eigenvalue weighted by Crippen LogP contribution is 2.37. The van der Waals surface area contributed by atoms with E-state index in [2.05, 4.69) is 0 Å². The molecule has 2 aliphatic rings. The second-order valence-electron chi connectivity index (χ2n) is 4.11. The average molecular weight is 194 g/mol. The summed E-state index contributed by atoms with van der Waals surface area (Å²) in [6.07, 6.45) is 3.15. The van der Waals surface area contributed by atoms with Gasteiger partial charge in [-0.25, -0.2) is 0 Å². The molecule has 76 valence electrons. The number of nitrogens with zero attached hydrogens (tertiary/aromatic N) is 1. The summed E-state index contributed by atoms with van der Waals surface area (Å²) in [5, 5.41) is 0. The Morgan fingerprint density at radius 1 is 1.57 bits per heavy atom. The molecule has 0 aromatic carbocycles. The lowest BCUT2D eigenvalue weighted by molar-refractivity contribution is -0.121. The number of amides is 1. The van der Waals surface area contributed by atoms with E-state index < -0.39 is 0 Å². The van der Waals surface area contributed by atoms with E-state index in [4.69, 9.17) is 5.73 Å². The molecule has 0 bridgehead atoms. The van der Waals surface area contributed by atoms with E-state index in [9.17, 15) is 9.59 Å². The molecule has 2 N–H and O–H groups in total. The Bertz CT molecular complexity index is 322. The maximum atomic E-state index is 11.5. The van der Waals surface area contributed by atoms with Crippen LogP contribution in [0, 0.1) is 11.8 Å². The maximum absolute atomic E-state index is 11.5. The highest BCUT2D eigenvalue weighted by molar-refractivity contribution is 5.95. The number of rotatable bonds is 1. The first-order valence-corrected chi connectivity index (χ1v) is 4.84. The number of carbonyl (C=O) groups excluding carboxylic acids is 2. The molecule has 0 radical (unpaired) electrons. The van der Waals surface area contributed by atoms with Gasteiger partial charge in [-0.05, 0) is 6.42 Å². The van der Waals surface area contributed by atoms with Crippen LogP contribution in [0.25, 0.3) is 0 Å². The lowest BCUT2D eigenvalue weighted by Gasteiger charge is -2.30. The second kappa shape index (κ2) is 3.12. The molecular formula is C10H14N2O2. The van der Waals surface area contributed by atoms with Crippen molar-refractivity contribution < 1.29 is 9.59 Å². The van der Waals surface area contributed by atoms with Gasteiger partial charge in [0.2, 0.25) is 5.91 Å². The number of hydrogen-bond donors (Lipinski definition) is 1. The van der Waals surface area contributed by atoms with Gasteiger partial charge >= 0.3 is 0 Å². The molecule has 1 heterocycles. The summed E-state index contributed by atoms with van der Waals surface area (Å²) in [5.74, 6) is -0.0429. The third-order valence-corrected chi connectivity index (χ3v) is 3.13. The molecule has 1 amide bonds. The number of Topliss-reactive ketones (excluding diaryl/α,β-unsaturated/α-hetero) is 1. The fourth-order valence-corrected chi connectivity index (χ4v) is 2.45. The van der Waals surface area contributed by atoms with Gasteiger partial charge in [-0.2, -0.15) is 0 Å². The van der Waals surface area contributed by atoms with Gasteiger partial charge in [-0.15, -0.1) is 0 Å². The Kier molecular flexibility index (Phi) is 2.06. The van der Waals surface area contributed by atoms with Gasteiger partial charge in [0.1, 0.15) is 5.78 Å². The molecule has 4 nitrogen and oxygen atoms in total. The SMILES string of the molecule is CN1C=C(C(N)=O)[C@@H]2CCC(=O)[C@@H]2C1. The first kappa shape index (κ1) is 9.24. The lowest BCUT2D eigenvalue weighted by Crippen LogP contribution is -2.37. The monoisotopic (exact) mass is 194 g/mol. The van der Waals surface area contributed by atoms with Crippen molar-refractivity contribution in [1.82, 2.24) is 4.90 Å². The molecule has 4 heteroatoms. The van der Waals surface area contributed by atoms with Crippen LogP contribution in [0.3, 0.4) is 0 Å². The van der Waals surface area contributed by atoms with Gasteiger partial charge < -0.3 is 10.6 Å². The molecule has 2 atom stereocenters. The Morgan fingerprint density at radius 2 is 2.29 bits per heavy atom. The zero-order chi connectivity index (χ0) is 10.3. The van der Waals surface area contributed by atoms with Gasteiger partial charge in [0.25, 0.3) is 0 Å². The van der Waals surface area contributed by atoms with E-state index in [-0.39, 0.29) is 23.5 Å². The second-order valence-corrected chi connectivity index (χ2v) is 4.11. The van der Waals surface area contributed by atoms with Crippen molar-refractivity contribution in [1.29, 1.82) is 0 Å². The van der Waals surface area contributed by atoms with Crippen molar-refractivity contribution in [3.05, 3.63) is 11.8 Å². The molecule has 0 aromatic heterocycles. The minimum atomic E-state index is -0.388. The van der Waals surface area contributed by atoms with Crippen molar-refractivity contribution in [2.45, 2.75) is 12.8 Å². The molecule has 0 unspecified atom stereocenters. The third-order valence-electron chi connectivity index (χ3n) is 3.13. The van der Waals surface area contributed by atoms with Crippen LogP contribution in [0.1, 0.15) is 12.8 Å². The van der Waals surface area contributed by atoms with E-state index >= 15 is 0 Å². The average Bonchev–Trinajstić information content (AvgIpc) is 2.47. The number of nitrogens with two attached hydrogens (primary N) is 1. The third kappa shape index (κ3) is 1.31. The van der Waals surface area contributed by atoms with Crippen LogP contribution >= 0.6 is 0 Å². The van der Waals surface area contributed by atoms with Gasteiger partial charge in [-0.1, -0.05) is 0 Å². The normalized spacial score (nSPS) is 31.4. The van der Waals surface area contributed by atoms with Crippen molar-refractivity contribution >= 4 is 11.7 Å². The Hall–Kier alpha value is -1.32. The number of fused-ring (bicyclic) bond motifs is 1. The van der Waals surface area contributed by atoms with E-state index in [1.54, 1.807) is 6.20 Å². The van der Waals surface area contributed by atoms with Crippen LogP contribution in [0.4, 0.5) is 0 Å². The van der Waals surface area contributed by atoms with E-state index in [1.807, 2.05) is 11.9 Å². The van der Waals surface area contributed by atoms with Crippen molar-refractivity contribution in [2.75, 3.05) is 13.6 Å². The number of carbonyl (C=O) groups is 2. The van der Waals surface area contributed by atoms with Crippen LogP contribution in [0.2, 0.25) is 0 Å².